The average molecular weight is 402 g/mol. The first-order valence-corrected chi connectivity index (χ1v) is 10.3. The van der Waals surface area contributed by atoms with Crippen LogP contribution in [0.25, 0.3) is 0 Å². The molecule has 0 fully saturated rings. The van der Waals surface area contributed by atoms with Gasteiger partial charge in [0.15, 0.2) is 0 Å². The Hall–Kier alpha value is -3.21. The topological polar surface area (TPSA) is 54.8 Å². The molecule has 2 aliphatic rings. The van der Waals surface area contributed by atoms with E-state index in [1.807, 2.05) is 30.5 Å². The third-order valence-electron chi connectivity index (χ3n) is 5.81. The monoisotopic (exact) mass is 401 g/mol. The summed E-state index contributed by atoms with van der Waals surface area (Å²) in [6, 6.07) is 14.0. The molecule has 0 saturated carbocycles. The predicted molar refractivity (Wildman–Crippen MR) is 119 cm³/mol. The highest BCUT2D eigenvalue weighted by Gasteiger charge is 2.46. The fourth-order valence-corrected chi connectivity index (χ4v) is 4.55. The van der Waals surface area contributed by atoms with Gasteiger partial charge in [0.25, 0.3) is 0 Å². The van der Waals surface area contributed by atoms with Crippen molar-refractivity contribution in [3.05, 3.63) is 82.6 Å². The first-order valence-electron chi connectivity index (χ1n) is 10.3. The lowest BCUT2D eigenvalue weighted by Crippen LogP contribution is -2.40. The van der Waals surface area contributed by atoms with Crippen molar-refractivity contribution in [1.29, 1.82) is 0 Å². The lowest BCUT2D eigenvalue weighted by molar-refractivity contribution is 0.169. The Morgan fingerprint density at radius 3 is 2.70 bits per heavy atom. The number of aromatic nitrogens is 1. The molecule has 1 aromatic heterocycles. The van der Waals surface area contributed by atoms with Gasteiger partial charge in [-0.05, 0) is 31.1 Å². The molecule has 5 heteroatoms. The molecule has 0 aliphatic heterocycles. The molecule has 1 aromatic carbocycles. The fourth-order valence-electron chi connectivity index (χ4n) is 4.55. The zero-order valence-electron chi connectivity index (χ0n) is 17.9. The van der Waals surface area contributed by atoms with Crippen molar-refractivity contribution in [3.8, 4) is 5.88 Å². The fraction of sp³-hybridized carbons (Fsp3) is 0.320. The second kappa shape index (κ2) is 7.90. The van der Waals surface area contributed by atoms with Gasteiger partial charge in [0.2, 0.25) is 5.88 Å². The quantitative estimate of drug-likeness (QED) is 0.542. The standard InChI is InChI=1S/C25H27N3O2/c1-5-20-19-13-17(2)15-25(20,26-16-18-9-7-6-8-10-18)21-11-12-23(27-22(21)14-19)30-24(29)28(3)4/h5-13,16,19H,14-15H2,1-4H3. The Morgan fingerprint density at radius 2 is 2.00 bits per heavy atom. The zero-order valence-corrected chi connectivity index (χ0v) is 17.9. The van der Waals surface area contributed by atoms with Gasteiger partial charge in [-0.3, -0.25) is 4.99 Å². The molecule has 30 heavy (non-hydrogen) atoms. The highest BCUT2D eigenvalue weighted by molar-refractivity contribution is 5.80. The number of rotatable bonds is 3. The van der Waals surface area contributed by atoms with E-state index in [0.717, 1.165) is 29.7 Å². The molecule has 0 radical (unpaired) electrons. The highest BCUT2D eigenvalue weighted by atomic mass is 16.6. The van der Waals surface area contributed by atoms with Crippen molar-refractivity contribution < 1.29 is 9.53 Å². The second-order valence-electron chi connectivity index (χ2n) is 8.18. The van der Waals surface area contributed by atoms with E-state index < -0.39 is 11.6 Å². The van der Waals surface area contributed by atoms with E-state index in [1.54, 1.807) is 20.2 Å². The number of amides is 1. The maximum Gasteiger partial charge on any atom is 0.416 e. The van der Waals surface area contributed by atoms with Gasteiger partial charge in [-0.1, -0.05) is 48.1 Å². The number of carbonyl (C=O) groups is 1. The summed E-state index contributed by atoms with van der Waals surface area (Å²) in [5, 5.41) is 0. The minimum absolute atomic E-state index is 0.247. The first-order chi connectivity index (χ1) is 14.4. The van der Waals surface area contributed by atoms with Gasteiger partial charge in [-0.25, -0.2) is 9.78 Å². The number of aliphatic imine (C=N–C) groups is 1. The normalized spacial score (nSPS) is 23.8. The maximum atomic E-state index is 12.0. The molecule has 2 unspecified atom stereocenters. The highest BCUT2D eigenvalue weighted by Crippen LogP contribution is 2.52. The van der Waals surface area contributed by atoms with Crippen LogP contribution in [0.1, 0.15) is 37.1 Å². The van der Waals surface area contributed by atoms with Crippen molar-refractivity contribution in [2.24, 2.45) is 10.9 Å². The molecule has 2 bridgehead atoms. The van der Waals surface area contributed by atoms with Crippen molar-refractivity contribution in [3.63, 3.8) is 0 Å². The van der Waals surface area contributed by atoms with Gasteiger partial charge in [0, 0.05) is 50.7 Å². The second-order valence-corrected chi connectivity index (χ2v) is 8.18. The van der Waals surface area contributed by atoms with Crippen LogP contribution >= 0.6 is 0 Å². The summed E-state index contributed by atoms with van der Waals surface area (Å²) >= 11 is 0. The number of allylic oxidation sites excluding steroid dienone is 2. The van der Waals surface area contributed by atoms with Gasteiger partial charge >= 0.3 is 6.09 Å². The molecule has 2 atom stereocenters. The maximum absolute atomic E-state index is 12.0. The number of nitrogens with zero attached hydrogens (tertiary/aromatic N) is 3. The van der Waals surface area contributed by atoms with Crippen molar-refractivity contribution in [1.82, 2.24) is 9.88 Å². The minimum atomic E-state index is -0.473. The Morgan fingerprint density at radius 1 is 1.23 bits per heavy atom. The molecule has 154 valence electrons. The van der Waals surface area contributed by atoms with Crippen molar-refractivity contribution >= 4 is 12.3 Å². The van der Waals surface area contributed by atoms with Gasteiger partial charge in [-0.2, -0.15) is 0 Å². The molecule has 0 spiro atoms. The summed E-state index contributed by atoms with van der Waals surface area (Å²) in [5.41, 5.74) is 5.29. The van der Waals surface area contributed by atoms with E-state index >= 15 is 0 Å². The summed E-state index contributed by atoms with van der Waals surface area (Å²) in [6.07, 6.45) is 7.67. The SMILES string of the molecule is CC=C1C2C=C(C)CC1(N=Cc1ccccc1)c1ccc(OC(=O)N(C)C)nc1C2. The van der Waals surface area contributed by atoms with Crippen LogP contribution in [0.3, 0.4) is 0 Å². The van der Waals surface area contributed by atoms with Crippen molar-refractivity contribution in [2.75, 3.05) is 14.1 Å². The summed E-state index contributed by atoms with van der Waals surface area (Å²) in [6.45, 7) is 4.27. The van der Waals surface area contributed by atoms with Crippen LogP contribution in [0.2, 0.25) is 0 Å². The third-order valence-corrected chi connectivity index (χ3v) is 5.81. The average Bonchev–Trinajstić information content (AvgIpc) is 2.72. The summed E-state index contributed by atoms with van der Waals surface area (Å²) in [7, 11) is 3.31. The van der Waals surface area contributed by atoms with E-state index in [4.69, 9.17) is 14.7 Å². The largest absolute Gasteiger partial charge is 0.416 e. The van der Waals surface area contributed by atoms with Gasteiger partial charge < -0.3 is 9.64 Å². The van der Waals surface area contributed by atoms with Gasteiger partial charge in [-0.15, -0.1) is 0 Å². The van der Waals surface area contributed by atoms with Crippen molar-refractivity contribution in [2.45, 2.75) is 32.2 Å². The van der Waals surface area contributed by atoms with E-state index in [-0.39, 0.29) is 5.92 Å². The summed E-state index contributed by atoms with van der Waals surface area (Å²) in [4.78, 5) is 23.2. The molecule has 0 N–H and O–H groups in total. The number of benzene rings is 1. The van der Waals surface area contributed by atoms with Crippen LogP contribution in [-0.4, -0.2) is 36.3 Å². The molecule has 1 amide bonds. The Labute approximate surface area is 177 Å². The van der Waals surface area contributed by atoms with Crippen LogP contribution in [0.5, 0.6) is 5.88 Å². The Kier molecular flexibility index (Phi) is 5.29. The summed E-state index contributed by atoms with van der Waals surface area (Å²) < 4.78 is 5.41. The van der Waals surface area contributed by atoms with Crippen LogP contribution < -0.4 is 4.74 Å². The number of pyridine rings is 1. The predicted octanol–water partition coefficient (Wildman–Crippen LogP) is 4.93. The molecular formula is C25H27N3O2. The molecule has 5 nitrogen and oxygen atoms in total. The lowest BCUT2D eigenvalue weighted by atomic mass is 9.63. The van der Waals surface area contributed by atoms with Gasteiger partial charge in [0.1, 0.15) is 5.54 Å². The van der Waals surface area contributed by atoms with E-state index in [0.29, 0.717) is 5.88 Å². The minimum Gasteiger partial charge on any atom is -0.391 e. The van der Waals surface area contributed by atoms with Gasteiger partial charge in [0.05, 0.1) is 5.69 Å². The number of hydrogen-bond acceptors (Lipinski definition) is 4. The van der Waals surface area contributed by atoms with Crippen LogP contribution in [-0.2, 0) is 12.0 Å². The number of carbonyl (C=O) groups excluding carboxylic acids is 1. The number of fused-ring (bicyclic) bond motifs is 4. The molecule has 2 aliphatic carbocycles. The summed E-state index contributed by atoms with van der Waals surface area (Å²) in [5.74, 6) is 0.578. The zero-order chi connectivity index (χ0) is 21.3. The molecule has 4 rings (SSSR count). The van der Waals surface area contributed by atoms with E-state index in [1.165, 1.54) is 16.0 Å². The lowest BCUT2D eigenvalue weighted by Gasteiger charge is -2.45. The number of hydrogen-bond donors (Lipinski definition) is 0. The van der Waals surface area contributed by atoms with Crippen LogP contribution in [0.4, 0.5) is 4.79 Å². The molecule has 1 heterocycles. The Bertz CT molecular complexity index is 1050. The molecular weight excluding hydrogens is 374 g/mol. The third kappa shape index (κ3) is 3.56. The first kappa shape index (κ1) is 20.1. The Balaban J connectivity index is 1.81. The van der Waals surface area contributed by atoms with E-state index in [9.17, 15) is 4.79 Å². The van der Waals surface area contributed by atoms with E-state index in [2.05, 4.69) is 38.1 Å². The molecule has 2 aromatic rings. The van der Waals surface area contributed by atoms with Crippen LogP contribution in [0, 0.1) is 5.92 Å². The van der Waals surface area contributed by atoms with Crippen LogP contribution in [0.15, 0.2) is 70.8 Å². The smallest absolute Gasteiger partial charge is 0.391 e. The number of ether oxygens (including phenoxy) is 1. The molecule has 0 saturated heterocycles.